The van der Waals surface area contributed by atoms with Crippen LogP contribution in [-0.2, 0) is 20.9 Å². The maximum Gasteiger partial charge on any atom is 0.573 e. The summed E-state index contributed by atoms with van der Waals surface area (Å²) < 4.78 is 71.3. The van der Waals surface area contributed by atoms with Gasteiger partial charge in [-0.1, -0.05) is 28.6 Å². The van der Waals surface area contributed by atoms with Crippen molar-refractivity contribution in [3.8, 4) is 17.0 Å². The van der Waals surface area contributed by atoms with Crippen LogP contribution in [0.25, 0.3) is 21.5 Å². The number of amides is 1. The number of alkyl halides is 3. The lowest BCUT2D eigenvalue weighted by atomic mass is 10.00. The highest BCUT2D eigenvalue weighted by atomic mass is 32.1. The molecule has 15 heteroatoms. The number of piperidine rings is 1. The summed E-state index contributed by atoms with van der Waals surface area (Å²) in [6, 6.07) is 8.68. The molecule has 2 aromatic carbocycles. The Kier molecular flexibility index (Phi) is 7.83. The van der Waals surface area contributed by atoms with Gasteiger partial charge < -0.3 is 28.9 Å². The smallest absolute Gasteiger partial charge is 0.480 e. The van der Waals surface area contributed by atoms with E-state index in [-0.39, 0.29) is 58.9 Å². The SMILES string of the molecule is O=CN(CC(=O)O)c1cc(F)c2nc(N3[C@@H]4CC[C@H]3C[C@H](OCc3c(-c5ccccc5OC(F)(F)F)noc3C3CC3)C4)sc2c1. The van der Waals surface area contributed by atoms with Crippen molar-refractivity contribution >= 4 is 44.8 Å². The van der Waals surface area contributed by atoms with E-state index in [1.165, 1.54) is 29.5 Å². The van der Waals surface area contributed by atoms with E-state index < -0.39 is 24.7 Å². The number of benzene rings is 2. The number of carboxylic acid groups (broad SMARTS) is 1. The zero-order valence-corrected chi connectivity index (χ0v) is 25.0. The second-order valence-corrected chi connectivity index (χ2v) is 12.8. The van der Waals surface area contributed by atoms with Crippen LogP contribution < -0.4 is 14.5 Å². The molecule has 0 unspecified atom stereocenters. The summed E-state index contributed by atoms with van der Waals surface area (Å²) in [4.78, 5) is 30.3. The summed E-state index contributed by atoms with van der Waals surface area (Å²) in [5.74, 6) is -1.45. The lowest BCUT2D eigenvalue weighted by Crippen LogP contribution is -2.45. The number of nitrogens with zero attached hydrogens (tertiary/aromatic N) is 4. The quantitative estimate of drug-likeness (QED) is 0.140. The minimum Gasteiger partial charge on any atom is -0.480 e. The average molecular weight is 661 g/mol. The fraction of sp³-hybridized carbons (Fsp3) is 0.419. The summed E-state index contributed by atoms with van der Waals surface area (Å²) in [5.41, 5.74) is 1.37. The fourth-order valence-corrected chi connectivity index (χ4v) is 7.72. The Labute approximate surface area is 263 Å². The molecular weight excluding hydrogens is 632 g/mol. The number of hydrogen-bond acceptors (Lipinski definition) is 9. The number of rotatable bonds is 11. The molecule has 10 nitrogen and oxygen atoms in total. The molecular formula is C31H28F4N4O6S. The van der Waals surface area contributed by atoms with Gasteiger partial charge in [0.2, 0.25) is 6.41 Å². The molecule has 4 aromatic rings. The molecule has 1 N–H and O–H groups in total. The standard InChI is InChI=1S/C31H28F4N4O6S/c32-23-11-19(38(15-40)13-26(41)42)12-25-28(23)36-30(46-25)39-17-7-8-18(39)10-20(9-17)43-14-22-27(37-45-29(22)16-5-6-16)21-3-1-2-4-24(21)44-31(33,34)35/h1-4,11-12,15-18,20H,5-10,13-14H2,(H,41,42)/t17-,18+,20-. The molecule has 7 rings (SSSR count). The molecule has 0 radical (unpaired) electrons. The minimum atomic E-state index is -4.86. The van der Waals surface area contributed by atoms with Crippen molar-refractivity contribution in [3.63, 3.8) is 0 Å². The van der Waals surface area contributed by atoms with E-state index in [0.29, 0.717) is 40.4 Å². The van der Waals surface area contributed by atoms with Gasteiger partial charge in [-0.15, -0.1) is 13.2 Å². The summed E-state index contributed by atoms with van der Waals surface area (Å²) >= 11 is 1.29. The van der Waals surface area contributed by atoms with Gasteiger partial charge in [0.05, 0.1) is 17.4 Å². The Balaban J connectivity index is 1.09. The number of fused-ring (bicyclic) bond motifs is 3. The molecule has 1 saturated carbocycles. The molecule has 242 valence electrons. The molecule has 1 amide bonds. The van der Waals surface area contributed by atoms with Crippen molar-refractivity contribution in [2.75, 3.05) is 16.3 Å². The summed E-state index contributed by atoms with van der Waals surface area (Å²) in [6.07, 6.45) is 0.280. The Bertz CT molecular complexity index is 1780. The Hall–Kier alpha value is -4.24. The molecule has 1 aliphatic carbocycles. The first kappa shape index (κ1) is 30.4. The Morgan fingerprint density at radius 2 is 1.89 bits per heavy atom. The van der Waals surface area contributed by atoms with Crippen LogP contribution in [0.2, 0.25) is 0 Å². The number of aromatic nitrogens is 2. The first-order valence-corrected chi connectivity index (χ1v) is 15.7. The summed E-state index contributed by atoms with van der Waals surface area (Å²) in [6.45, 7) is -0.474. The number of ether oxygens (including phenoxy) is 2. The highest BCUT2D eigenvalue weighted by Gasteiger charge is 2.43. The largest absolute Gasteiger partial charge is 0.573 e. The maximum atomic E-state index is 15.1. The van der Waals surface area contributed by atoms with Gasteiger partial charge >= 0.3 is 12.3 Å². The van der Waals surface area contributed by atoms with Crippen LogP contribution >= 0.6 is 11.3 Å². The van der Waals surface area contributed by atoms with Crippen molar-refractivity contribution in [1.29, 1.82) is 0 Å². The Morgan fingerprint density at radius 3 is 2.57 bits per heavy atom. The molecule has 2 bridgehead atoms. The van der Waals surface area contributed by atoms with Gasteiger partial charge in [0.1, 0.15) is 29.3 Å². The monoisotopic (exact) mass is 660 g/mol. The van der Waals surface area contributed by atoms with E-state index in [4.69, 9.17) is 14.4 Å². The third-order valence-corrected chi connectivity index (χ3v) is 9.71. The number of para-hydroxylation sites is 1. The van der Waals surface area contributed by atoms with Crippen LogP contribution in [0.15, 0.2) is 40.9 Å². The second kappa shape index (κ2) is 11.8. The highest BCUT2D eigenvalue weighted by molar-refractivity contribution is 7.22. The molecule has 0 spiro atoms. The number of carboxylic acids is 1. The molecule has 3 aliphatic rings. The first-order valence-electron chi connectivity index (χ1n) is 14.8. The normalized spacial score (nSPS) is 21.1. The van der Waals surface area contributed by atoms with Gasteiger partial charge in [0.25, 0.3) is 0 Å². The first-order chi connectivity index (χ1) is 22.1. The third kappa shape index (κ3) is 6.00. The molecule has 3 fully saturated rings. The van der Waals surface area contributed by atoms with Crippen molar-refractivity contribution in [2.24, 2.45) is 0 Å². The molecule has 46 heavy (non-hydrogen) atoms. The molecule has 2 saturated heterocycles. The third-order valence-electron chi connectivity index (χ3n) is 8.70. The number of anilines is 2. The lowest BCUT2D eigenvalue weighted by molar-refractivity contribution is -0.274. The number of carbonyl (C=O) groups excluding carboxylic acids is 1. The Morgan fingerprint density at radius 1 is 1.15 bits per heavy atom. The number of thiazole rings is 1. The molecule has 4 heterocycles. The molecule has 2 aliphatic heterocycles. The van der Waals surface area contributed by atoms with Crippen LogP contribution in [0.5, 0.6) is 5.75 Å². The maximum absolute atomic E-state index is 15.1. The van der Waals surface area contributed by atoms with E-state index in [1.54, 1.807) is 12.1 Å². The number of halogens is 4. The number of aliphatic carboxylic acids is 1. The number of carbonyl (C=O) groups is 2. The van der Waals surface area contributed by atoms with Crippen molar-refractivity contribution in [2.45, 2.75) is 75.6 Å². The van der Waals surface area contributed by atoms with Gasteiger partial charge in [-0.3, -0.25) is 9.59 Å². The molecule has 3 atom stereocenters. The van der Waals surface area contributed by atoms with Gasteiger partial charge in [0, 0.05) is 34.8 Å². The van der Waals surface area contributed by atoms with E-state index in [1.807, 2.05) is 0 Å². The van der Waals surface area contributed by atoms with E-state index in [2.05, 4.69) is 19.8 Å². The summed E-state index contributed by atoms with van der Waals surface area (Å²) in [5, 5.41) is 13.9. The van der Waals surface area contributed by atoms with Crippen LogP contribution in [-0.4, -0.2) is 58.7 Å². The zero-order chi connectivity index (χ0) is 32.2. The predicted molar refractivity (Wildman–Crippen MR) is 158 cm³/mol. The number of hydrogen-bond donors (Lipinski definition) is 1. The van der Waals surface area contributed by atoms with Crippen LogP contribution in [0.3, 0.4) is 0 Å². The zero-order valence-electron chi connectivity index (χ0n) is 24.2. The van der Waals surface area contributed by atoms with Gasteiger partial charge in [-0.05, 0) is 62.8 Å². The van der Waals surface area contributed by atoms with Crippen LogP contribution in [0.1, 0.15) is 55.8 Å². The predicted octanol–water partition coefficient (Wildman–Crippen LogP) is 6.63. The fourth-order valence-electron chi connectivity index (χ4n) is 6.57. The van der Waals surface area contributed by atoms with Crippen molar-refractivity contribution in [1.82, 2.24) is 10.1 Å². The lowest BCUT2D eigenvalue weighted by Gasteiger charge is -2.38. The van der Waals surface area contributed by atoms with Gasteiger partial charge in [-0.2, -0.15) is 0 Å². The van der Waals surface area contributed by atoms with Crippen molar-refractivity contribution in [3.05, 3.63) is 53.5 Å². The topological polar surface area (TPSA) is 118 Å². The van der Waals surface area contributed by atoms with Crippen LogP contribution in [0, 0.1) is 5.82 Å². The highest BCUT2D eigenvalue weighted by Crippen LogP contribution is 2.47. The van der Waals surface area contributed by atoms with Crippen molar-refractivity contribution < 1.29 is 46.3 Å². The van der Waals surface area contributed by atoms with Gasteiger partial charge in [0.15, 0.2) is 10.9 Å². The van der Waals surface area contributed by atoms with Crippen LogP contribution in [0.4, 0.5) is 28.4 Å². The minimum absolute atomic E-state index is 0.0797. The van der Waals surface area contributed by atoms with E-state index >= 15 is 4.39 Å². The summed E-state index contributed by atoms with van der Waals surface area (Å²) in [7, 11) is 0. The molecule has 2 aromatic heterocycles. The van der Waals surface area contributed by atoms with Gasteiger partial charge in [-0.25, -0.2) is 9.37 Å². The van der Waals surface area contributed by atoms with E-state index in [9.17, 15) is 22.8 Å². The average Bonchev–Trinajstić information content (AvgIpc) is 3.52. The second-order valence-electron chi connectivity index (χ2n) is 11.8. The van der Waals surface area contributed by atoms with E-state index in [0.717, 1.165) is 36.6 Å².